The van der Waals surface area contributed by atoms with E-state index in [0.717, 1.165) is 11.4 Å². The molecule has 3 rings (SSSR count). The molecule has 0 heterocycles. The zero-order chi connectivity index (χ0) is 13.6. The molecule has 0 saturated heterocycles. The van der Waals surface area contributed by atoms with E-state index in [2.05, 4.69) is 32.0 Å². The average molecular weight is 272 g/mol. The minimum absolute atomic E-state index is 0.397. The molecule has 1 aliphatic carbocycles. The highest BCUT2D eigenvalue weighted by Gasteiger charge is 2.31. The van der Waals surface area contributed by atoms with Gasteiger partial charge in [-0.2, -0.15) is 0 Å². The molecule has 2 aromatic carbocycles. The highest BCUT2D eigenvalue weighted by Crippen LogP contribution is 2.50. The largest absolute Gasteiger partial charge is 0.330 e. The topological polar surface area (TPSA) is 26.0 Å². The van der Waals surface area contributed by atoms with Gasteiger partial charge in [0.2, 0.25) is 0 Å². The second-order valence-electron chi connectivity index (χ2n) is 5.38. The van der Waals surface area contributed by atoms with Crippen molar-refractivity contribution in [2.75, 3.05) is 6.54 Å². The first-order valence-corrected chi connectivity index (χ1v) is 7.11. The lowest BCUT2D eigenvalue weighted by molar-refractivity contribution is 0.737. The van der Waals surface area contributed by atoms with E-state index in [9.17, 15) is 0 Å². The monoisotopic (exact) mass is 271 g/mol. The third-order valence-corrected chi connectivity index (χ3v) is 4.34. The summed E-state index contributed by atoms with van der Waals surface area (Å²) in [6, 6.07) is 10.7. The third kappa shape index (κ3) is 1.89. The molecule has 0 fully saturated rings. The van der Waals surface area contributed by atoms with Crippen LogP contribution in [0, 0.1) is 13.8 Å². The Kier molecular flexibility index (Phi) is 3.12. The predicted molar refractivity (Wildman–Crippen MR) is 81.9 cm³/mol. The summed E-state index contributed by atoms with van der Waals surface area (Å²) in [6.45, 7) is 5.03. The molecule has 0 saturated carbocycles. The molecule has 0 bridgehead atoms. The summed E-state index contributed by atoms with van der Waals surface area (Å²) in [4.78, 5) is 0. The second-order valence-corrected chi connectivity index (χ2v) is 5.78. The SMILES string of the molecule is Cc1cc(C)c2c(c1)-c1c(Cl)cccc1C2CCN. The Hall–Kier alpha value is -1.31. The van der Waals surface area contributed by atoms with E-state index in [0.29, 0.717) is 12.5 Å². The van der Waals surface area contributed by atoms with Crippen LogP contribution in [0.2, 0.25) is 5.02 Å². The van der Waals surface area contributed by atoms with Crippen LogP contribution < -0.4 is 5.73 Å². The van der Waals surface area contributed by atoms with Gasteiger partial charge in [0.05, 0.1) is 0 Å². The Labute approximate surface area is 119 Å². The van der Waals surface area contributed by atoms with Gasteiger partial charge in [-0.1, -0.05) is 41.4 Å². The molecular formula is C17H18ClN. The Balaban J connectivity index is 2.33. The van der Waals surface area contributed by atoms with Gasteiger partial charge in [0.25, 0.3) is 0 Å². The molecule has 1 nitrogen and oxygen atoms in total. The van der Waals surface area contributed by atoms with Crippen LogP contribution in [0.25, 0.3) is 11.1 Å². The van der Waals surface area contributed by atoms with Gasteiger partial charge >= 0.3 is 0 Å². The van der Waals surface area contributed by atoms with Crippen molar-refractivity contribution in [1.82, 2.24) is 0 Å². The van der Waals surface area contributed by atoms with Crippen LogP contribution in [0.4, 0.5) is 0 Å². The molecule has 0 amide bonds. The number of aryl methyl sites for hydroxylation is 2. The summed E-state index contributed by atoms with van der Waals surface area (Å²) < 4.78 is 0. The summed E-state index contributed by atoms with van der Waals surface area (Å²) >= 11 is 6.44. The quantitative estimate of drug-likeness (QED) is 0.860. The first-order chi connectivity index (χ1) is 9.13. The highest BCUT2D eigenvalue weighted by molar-refractivity contribution is 6.33. The number of nitrogens with two attached hydrogens (primary N) is 1. The van der Waals surface area contributed by atoms with Crippen LogP contribution in [-0.2, 0) is 0 Å². The fraction of sp³-hybridized carbons (Fsp3) is 0.294. The first kappa shape index (κ1) is 12.7. The van der Waals surface area contributed by atoms with Gasteiger partial charge < -0.3 is 5.73 Å². The van der Waals surface area contributed by atoms with Gasteiger partial charge in [-0.3, -0.25) is 0 Å². The van der Waals surface area contributed by atoms with Crippen LogP contribution in [0.15, 0.2) is 30.3 Å². The fourth-order valence-corrected chi connectivity index (χ4v) is 3.67. The third-order valence-electron chi connectivity index (χ3n) is 4.03. The van der Waals surface area contributed by atoms with Crippen LogP contribution in [0.1, 0.15) is 34.6 Å². The summed E-state index contributed by atoms with van der Waals surface area (Å²) in [7, 11) is 0. The molecule has 1 atom stereocenters. The highest BCUT2D eigenvalue weighted by atomic mass is 35.5. The number of rotatable bonds is 2. The number of hydrogen-bond acceptors (Lipinski definition) is 1. The maximum absolute atomic E-state index is 6.44. The number of fused-ring (bicyclic) bond motifs is 3. The van der Waals surface area contributed by atoms with E-state index in [1.54, 1.807) is 0 Å². The van der Waals surface area contributed by atoms with Crippen molar-refractivity contribution in [3.8, 4) is 11.1 Å². The van der Waals surface area contributed by atoms with Crippen molar-refractivity contribution in [2.45, 2.75) is 26.2 Å². The maximum Gasteiger partial charge on any atom is 0.0487 e. The lowest BCUT2D eigenvalue weighted by atomic mass is 9.90. The molecule has 2 N–H and O–H groups in total. The van der Waals surface area contributed by atoms with Gasteiger partial charge in [-0.15, -0.1) is 0 Å². The molecule has 19 heavy (non-hydrogen) atoms. The Morgan fingerprint density at radius 3 is 2.74 bits per heavy atom. The van der Waals surface area contributed by atoms with Crippen molar-refractivity contribution in [2.24, 2.45) is 5.73 Å². The van der Waals surface area contributed by atoms with E-state index < -0.39 is 0 Å². The number of benzene rings is 2. The smallest absolute Gasteiger partial charge is 0.0487 e. The molecule has 0 spiro atoms. The molecule has 98 valence electrons. The fourth-order valence-electron chi connectivity index (χ4n) is 3.39. The second kappa shape index (κ2) is 4.66. The van der Waals surface area contributed by atoms with Crippen molar-refractivity contribution < 1.29 is 0 Å². The average Bonchev–Trinajstić information content (AvgIpc) is 2.66. The van der Waals surface area contributed by atoms with Crippen molar-refractivity contribution >= 4 is 11.6 Å². The Morgan fingerprint density at radius 2 is 2.00 bits per heavy atom. The van der Waals surface area contributed by atoms with Gasteiger partial charge in [0.15, 0.2) is 0 Å². The minimum atomic E-state index is 0.397. The molecule has 1 aliphatic rings. The van der Waals surface area contributed by atoms with Crippen molar-refractivity contribution in [3.05, 3.63) is 57.6 Å². The molecule has 2 heteroatoms. The van der Waals surface area contributed by atoms with Crippen molar-refractivity contribution in [3.63, 3.8) is 0 Å². The standard InChI is InChI=1S/C17H18ClN/c1-10-8-11(2)16-13(6-7-19)12-4-3-5-15(18)17(12)14(16)9-10/h3-5,8-9,13H,6-7,19H2,1-2H3. The maximum atomic E-state index is 6.44. The predicted octanol–water partition coefficient (Wildman–Crippen LogP) is 4.42. The molecular weight excluding hydrogens is 254 g/mol. The van der Waals surface area contributed by atoms with Crippen LogP contribution in [0.3, 0.4) is 0 Å². The summed E-state index contributed by atoms with van der Waals surface area (Å²) in [5, 5.41) is 0.850. The first-order valence-electron chi connectivity index (χ1n) is 6.73. The zero-order valence-corrected chi connectivity index (χ0v) is 12.1. The molecule has 1 unspecified atom stereocenters. The lowest BCUT2D eigenvalue weighted by Crippen LogP contribution is -2.07. The Morgan fingerprint density at radius 1 is 1.21 bits per heavy atom. The number of hydrogen-bond donors (Lipinski definition) is 1. The summed E-state index contributed by atoms with van der Waals surface area (Å²) in [6.07, 6.45) is 0.976. The zero-order valence-electron chi connectivity index (χ0n) is 11.3. The van der Waals surface area contributed by atoms with E-state index in [-0.39, 0.29) is 0 Å². The number of halogens is 1. The lowest BCUT2D eigenvalue weighted by Gasteiger charge is -2.15. The summed E-state index contributed by atoms with van der Waals surface area (Å²) in [5.74, 6) is 0.397. The van der Waals surface area contributed by atoms with Crippen molar-refractivity contribution in [1.29, 1.82) is 0 Å². The van der Waals surface area contributed by atoms with Crippen LogP contribution in [0.5, 0.6) is 0 Å². The Bertz CT molecular complexity index is 646. The van der Waals surface area contributed by atoms with Gasteiger partial charge in [0.1, 0.15) is 0 Å². The molecule has 0 radical (unpaired) electrons. The van der Waals surface area contributed by atoms with Crippen LogP contribution >= 0.6 is 11.6 Å². The van der Waals surface area contributed by atoms with Gasteiger partial charge in [-0.05, 0) is 55.1 Å². The molecule has 0 aromatic heterocycles. The van der Waals surface area contributed by atoms with E-state index in [1.807, 2.05) is 12.1 Å². The van der Waals surface area contributed by atoms with E-state index in [1.165, 1.54) is 33.4 Å². The van der Waals surface area contributed by atoms with E-state index in [4.69, 9.17) is 17.3 Å². The van der Waals surface area contributed by atoms with Crippen LogP contribution in [-0.4, -0.2) is 6.54 Å². The molecule has 2 aromatic rings. The normalized spacial score (nSPS) is 16.3. The molecule has 0 aliphatic heterocycles. The van der Waals surface area contributed by atoms with Gasteiger partial charge in [0, 0.05) is 16.5 Å². The van der Waals surface area contributed by atoms with E-state index >= 15 is 0 Å². The van der Waals surface area contributed by atoms with Gasteiger partial charge in [-0.25, -0.2) is 0 Å². The summed E-state index contributed by atoms with van der Waals surface area (Å²) in [5.41, 5.74) is 13.7. The minimum Gasteiger partial charge on any atom is -0.330 e.